The molecule has 0 saturated carbocycles. The molecule has 1 aliphatic heterocycles. The molecule has 0 radical (unpaired) electrons. The van der Waals surface area contributed by atoms with Crippen LogP contribution >= 0.6 is 0 Å². The Balaban J connectivity index is 2.13. The third-order valence-electron chi connectivity index (χ3n) is 4.65. The Kier molecular flexibility index (Phi) is 7.62. The molecule has 2 atom stereocenters. The molecule has 1 heterocycles. The molecule has 0 bridgehead atoms. The summed E-state index contributed by atoms with van der Waals surface area (Å²) in [7, 11) is 3.90. The van der Waals surface area contributed by atoms with Crippen LogP contribution in [0.2, 0.25) is 0 Å². The second kappa shape index (κ2) is 9.95. The quantitative estimate of drug-likeness (QED) is 0.473. The van der Waals surface area contributed by atoms with Crippen LogP contribution in [0.25, 0.3) is 0 Å². The van der Waals surface area contributed by atoms with Crippen molar-refractivity contribution in [3.63, 3.8) is 0 Å². The Labute approximate surface area is 151 Å². The standard InChI is InChI=1S/C20H30N4O/c1-5-13-22-20(21-6-2)23-15-17-8-7-14-24(3)19(17)16-9-11-18(25-4)12-10-16/h1,9-12,17,19H,6-8,13-15H2,2-4H3,(H2,21,22,23). The van der Waals surface area contributed by atoms with Gasteiger partial charge in [-0.05, 0) is 57.0 Å². The number of benzene rings is 1. The van der Waals surface area contributed by atoms with E-state index >= 15 is 0 Å². The minimum absolute atomic E-state index is 0.374. The highest BCUT2D eigenvalue weighted by Crippen LogP contribution is 2.35. The van der Waals surface area contributed by atoms with Crippen molar-refractivity contribution < 1.29 is 4.74 Å². The second-order valence-corrected chi connectivity index (χ2v) is 6.38. The van der Waals surface area contributed by atoms with Crippen molar-refractivity contribution in [3.05, 3.63) is 29.8 Å². The number of nitrogens with zero attached hydrogens (tertiary/aromatic N) is 2. The van der Waals surface area contributed by atoms with Crippen LogP contribution in [-0.2, 0) is 0 Å². The lowest BCUT2D eigenvalue weighted by Crippen LogP contribution is -2.40. The molecule has 0 aliphatic carbocycles. The minimum Gasteiger partial charge on any atom is -0.497 e. The highest BCUT2D eigenvalue weighted by molar-refractivity contribution is 5.79. The summed E-state index contributed by atoms with van der Waals surface area (Å²) in [6.07, 6.45) is 7.73. The van der Waals surface area contributed by atoms with Gasteiger partial charge in [0.05, 0.1) is 13.7 Å². The maximum atomic E-state index is 5.34. The molecule has 0 aromatic heterocycles. The van der Waals surface area contributed by atoms with Gasteiger partial charge in [0.1, 0.15) is 5.75 Å². The van der Waals surface area contributed by atoms with Crippen molar-refractivity contribution in [2.75, 3.05) is 40.3 Å². The van der Waals surface area contributed by atoms with E-state index in [0.29, 0.717) is 18.5 Å². The van der Waals surface area contributed by atoms with Gasteiger partial charge < -0.3 is 15.4 Å². The number of hydrogen-bond donors (Lipinski definition) is 2. The molecular weight excluding hydrogens is 312 g/mol. The monoisotopic (exact) mass is 342 g/mol. The van der Waals surface area contributed by atoms with Crippen molar-refractivity contribution in [2.24, 2.45) is 10.9 Å². The number of guanidine groups is 1. The molecule has 2 rings (SSSR count). The van der Waals surface area contributed by atoms with Gasteiger partial charge in [0, 0.05) is 19.1 Å². The van der Waals surface area contributed by atoms with Crippen LogP contribution in [0.5, 0.6) is 5.75 Å². The summed E-state index contributed by atoms with van der Waals surface area (Å²) in [5, 5.41) is 6.41. The van der Waals surface area contributed by atoms with Crippen LogP contribution in [0.3, 0.4) is 0 Å². The van der Waals surface area contributed by atoms with Gasteiger partial charge in [-0.25, -0.2) is 0 Å². The van der Waals surface area contributed by atoms with Gasteiger partial charge in [-0.1, -0.05) is 18.1 Å². The van der Waals surface area contributed by atoms with E-state index in [2.05, 4.69) is 47.6 Å². The lowest BCUT2D eigenvalue weighted by Gasteiger charge is -2.39. The number of terminal acetylenes is 1. The predicted molar refractivity (Wildman–Crippen MR) is 104 cm³/mol. The van der Waals surface area contributed by atoms with Crippen LogP contribution in [0.4, 0.5) is 0 Å². The summed E-state index contributed by atoms with van der Waals surface area (Å²) < 4.78 is 5.29. The molecule has 5 nitrogen and oxygen atoms in total. The molecule has 1 aromatic carbocycles. The molecule has 1 fully saturated rings. The summed E-state index contributed by atoms with van der Waals surface area (Å²) in [4.78, 5) is 7.20. The number of nitrogens with one attached hydrogen (secondary N) is 2. The molecule has 136 valence electrons. The van der Waals surface area contributed by atoms with E-state index in [-0.39, 0.29) is 0 Å². The van der Waals surface area contributed by atoms with E-state index in [9.17, 15) is 0 Å². The molecule has 0 spiro atoms. The highest BCUT2D eigenvalue weighted by Gasteiger charge is 2.30. The van der Waals surface area contributed by atoms with Crippen LogP contribution < -0.4 is 15.4 Å². The molecule has 2 unspecified atom stereocenters. The van der Waals surface area contributed by atoms with E-state index in [1.54, 1.807) is 7.11 Å². The molecule has 0 amide bonds. The first-order valence-electron chi connectivity index (χ1n) is 8.99. The Bertz CT molecular complexity index is 591. The Hall–Kier alpha value is -2.19. The minimum atomic E-state index is 0.374. The van der Waals surface area contributed by atoms with Crippen molar-refractivity contribution in [1.29, 1.82) is 0 Å². The van der Waals surface area contributed by atoms with Gasteiger partial charge in [0.15, 0.2) is 5.96 Å². The van der Waals surface area contributed by atoms with Gasteiger partial charge >= 0.3 is 0 Å². The van der Waals surface area contributed by atoms with E-state index in [1.165, 1.54) is 18.4 Å². The van der Waals surface area contributed by atoms with Crippen molar-refractivity contribution in [2.45, 2.75) is 25.8 Å². The Morgan fingerprint density at radius 1 is 1.36 bits per heavy atom. The van der Waals surface area contributed by atoms with Crippen LogP contribution in [-0.4, -0.2) is 51.2 Å². The first-order valence-corrected chi connectivity index (χ1v) is 8.99. The molecule has 1 aromatic rings. The fourth-order valence-corrected chi connectivity index (χ4v) is 3.46. The summed E-state index contributed by atoms with van der Waals surface area (Å²) >= 11 is 0. The second-order valence-electron chi connectivity index (χ2n) is 6.38. The number of hydrogen-bond acceptors (Lipinski definition) is 3. The number of methoxy groups -OCH3 is 1. The fourth-order valence-electron chi connectivity index (χ4n) is 3.46. The Morgan fingerprint density at radius 3 is 2.76 bits per heavy atom. The predicted octanol–water partition coefficient (Wildman–Crippen LogP) is 2.27. The largest absolute Gasteiger partial charge is 0.497 e. The lowest BCUT2D eigenvalue weighted by atomic mass is 9.85. The summed E-state index contributed by atoms with van der Waals surface area (Å²) in [6, 6.07) is 8.79. The number of ether oxygens (including phenoxy) is 1. The number of piperidine rings is 1. The lowest BCUT2D eigenvalue weighted by molar-refractivity contribution is 0.125. The van der Waals surface area contributed by atoms with Gasteiger partial charge in [-0.2, -0.15) is 0 Å². The van der Waals surface area contributed by atoms with Crippen LogP contribution in [0.1, 0.15) is 31.4 Å². The topological polar surface area (TPSA) is 48.9 Å². The summed E-state index contributed by atoms with van der Waals surface area (Å²) in [6.45, 7) is 5.26. The molecule has 1 saturated heterocycles. The van der Waals surface area contributed by atoms with E-state index in [1.807, 2.05) is 12.1 Å². The van der Waals surface area contributed by atoms with Gasteiger partial charge in [-0.3, -0.25) is 9.89 Å². The maximum Gasteiger partial charge on any atom is 0.192 e. The molecule has 5 heteroatoms. The number of likely N-dealkylation sites (tertiary alicyclic amines) is 1. The fraction of sp³-hybridized carbons (Fsp3) is 0.550. The smallest absolute Gasteiger partial charge is 0.192 e. The number of rotatable bonds is 6. The third kappa shape index (κ3) is 5.40. The summed E-state index contributed by atoms with van der Waals surface area (Å²) in [5.74, 6) is 4.76. The van der Waals surface area contributed by atoms with Gasteiger partial charge in [-0.15, -0.1) is 6.42 Å². The van der Waals surface area contributed by atoms with E-state index in [0.717, 1.165) is 31.3 Å². The average Bonchev–Trinajstić information content (AvgIpc) is 2.64. The highest BCUT2D eigenvalue weighted by atomic mass is 16.5. The van der Waals surface area contributed by atoms with E-state index in [4.69, 9.17) is 16.2 Å². The molecule has 25 heavy (non-hydrogen) atoms. The molecular formula is C20H30N4O. The maximum absolute atomic E-state index is 5.34. The summed E-state index contributed by atoms with van der Waals surface area (Å²) in [5.41, 5.74) is 1.32. The first-order chi connectivity index (χ1) is 12.2. The Morgan fingerprint density at radius 2 is 2.12 bits per heavy atom. The third-order valence-corrected chi connectivity index (χ3v) is 4.65. The number of aliphatic imine (C=N–C) groups is 1. The van der Waals surface area contributed by atoms with Crippen molar-refractivity contribution >= 4 is 5.96 Å². The first kappa shape index (κ1) is 19.1. The molecule has 2 N–H and O–H groups in total. The zero-order chi connectivity index (χ0) is 18.1. The zero-order valence-electron chi connectivity index (χ0n) is 15.6. The van der Waals surface area contributed by atoms with Crippen molar-refractivity contribution in [1.82, 2.24) is 15.5 Å². The molecule has 1 aliphatic rings. The average molecular weight is 342 g/mol. The van der Waals surface area contributed by atoms with E-state index < -0.39 is 0 Å². The van der Waals surface area contributed by atoms with Crippen LogP contribution in [0, 0.1) is 18.3 Å². The SMILES string of the molecule is C#CCNC(=NCC1CCCN(C)C1c1ccc(OC)cc1)NCC. The van der Waals surface area contributed by atoms with Gasteiger partial charge in [0.2, 0.25) is 0 Å². The normalized spacial score (nSPS) is 21.4. The van der Waals surface area contributed by atoms with Crippen LogP contribution in [0.15, 0.2) is 29.3 Å². The van der Waals surface area contributed by atoms with Gasteiger partial charge in [0.25, 0.3) is 0 Å². The van der Waals surface area contributed by atoms with Crippen molar-refractivity contribution in [3.8, 4) is 18.1 Å². The zero-order valence-corrected chi connectivity index (χ0v) is 15.6.